The molecule has 1 aromatic rings. The number of rotatable bonds is 0. The predicted octanol–water partition coefficient (Wildman–Crippen LogP) is -6.44. The first-order valence-corrected chi connectivity index (χ1v) is 3.02. The summed E-state index contributed by atoms with van der Waals surface area (Å²) in [7, 11) is 0. The summed E-state index contributed by atoms with van der Waals surface area (Å²) in [5, 5.41) is 16.7. The Morgan fingerprint density at radius 2 is 1.38 bits per heavy atom. The van der Waals surface area contributed by atoms with Crippen molar-refractivity contribution in [3.63, 3.8) is 0 Å². The van der Waals surface area contributed by atoms with Crippen molar-refractivity contribution in [2.45, 2.75) is 6.92 Å². The van der Waals surface area contributed by atoms with Gasteiger partial charge in [-0.25, -0.2) is 0 Å². The molecule has 0 spiro atoms. The second-order valence-corrected chi connectivity index (χ2v) is 1.90. The molecule has 3 nitrogen and oxygen atoms in total. The Kier molecular flexibility index (Phi) is 18.4. The maximum Gasteiger partial charge on any atom is 1.00 e. The van der Waals surface area contributed by atoms with Gasteiger partial charge in [0.1, 0.15) is 0 Å². The van der Waals surface area contributed by atoms with E-state index in [0.29, 0.717) is 0 Å². The fourth-order valence-corrected chi connectivity index (χ4v) is 0.534. The molecule has 0 fully saturated rings. The van der Waals surface area contributed by atoms with E-state index in [9.17, 15) is 0 Å². The second kappa shape index (κ2) is 12.5. The van der Waals surface area contributed by atoms with Gasteiger partial charge >= 0.3 is 59.1 Å². The van der Waals surface area contributed by atoms with Crippen LogP contribution in [0.2, 0.25) is 0 Å². The number of carboxylic acid groups (broad SMARTS) is 2. The first-order valence-electron chi connectivity index (χ1n) is 3.02. The largest absolute Gasteiger partial charge is 1.00 e. The van der Waals surface area contributed by atoms with Crippen LogP contribution in [0.25, 0.3) is 0 Å². The number of benzene rings is 1. The minimum absolute atomic E-state index is 0. The van der Waals surface area contributed by atoms with E-state index in [1.807, 2.05) is 18.2 Å². The molecule has 0 N–H and O–H groups in total. The van der Waals surface area contributed by atoms with Crippen LogP contribution in [0.4, 0.5) is 4.79 Å². The topological polar surface area (TPSA) is 63.2 Å². The van der Waals surface area contributed by atoms with Crippen LogP contribution in [0.3, 0.4) is 0 Å². The fraction of sp³-hybridized carbons (Fsp3) is 0.125. The van der Waals surface area contributed by atoms with Gasteiger partial charge in [-0.2, -0.15) is 0 Å². The Hall–Kier alpha value is 0.490. The smallest absolute Gasteiger partial charge is 0.652 e. The molecule has 0 aliphatic heterocycles. The minimum atomic E-state index is -2.33. The van der Waals surface area contributed by atoms with Gasteiger partial charge in [0.05, 0.1) is 0 Å². The normalized spacial score (nSPS) is 6.54. The number of aryl methyl sites for hydroxylation is 1. The Bertz CT molecular complexity index is 210. The molecule has 0 atom stereocenters. The van der Waals surface area contributed by atoms with E-state index in [2.05, 4.69) is 19.1 Å². The molecule has 1 rings (SSSR count). The van der Waals surface area contributed by atoms with E-state index in [1.54, 1.807) is 0 Å². The Labute approximate surface area is 122 Å². The van der Waals surface area contributed by atoms with Gasteiger partial charge in [-0.1, -0.05) is 35.9 Å². The van der Waals surface area contributed by atoms with E-state index in [1.165, 1.54) is 5.56 Å². The molecule has 0 aliphatic rings. The molecule has 0 aliphatic carbocycles. The summed E-state index contributed by atoms with van der Waals surface area (Å²) in [6.07, 6.45) is -2.33. The van der Waals surface area contributed by atoms with Crippen LogP contribution >= 0.6 is 0 Å². The van der Waals surface area contributed by atoms with E-state index in [4.69, 9.17) is 15.0 Å². The first kappa shape index (κ1) is 19.1. The van der Waals surface area contributed by atoms with Crippen LogP contribution in [0.15, 0.2) is 30.3 Å². The number of hydrogen-bond acceptors (Lipinski definition) is 3. The second-order valence-electron chi connectivity index (χ2n) is 1.90. The molecule has 1 aromatic carbocycles. The van der Waals surface area contributed by atoms with Crippen molar-refractivity contribution in [1.82, 2.24) is 0 Å². The number of hydrogen-bond donors (Lipinski definition) is 0. The summed E-state index contributed by atoms with van der Waals surface area (Å²) in [6.45, 7) is 2.08. The van der Waals surface area contributed by atoms with Crippen LogP contribution in [0.5, 0.6) is 0 Å². The van der Waals surface area contributed by atoms with Crippen molar-refractivity contribution in [3.05, 3.63) is 35.9 Å². The van der Waals surface area contributed by atoms with Crippen molar-refractivity contribution in [1.29, 1.82) is 0 Å². The van der Waals surface area contributed by atoms with Crippen molar-refractivity contribution < 1.29 is 74.1 Å². The van der Waals surface area contributed by atoms with Gasteiger partial charge in [0, 0.05) is 0 Å². The minimum Gasteiger partial charge on any atom is -0.652 e. The average Bonchev–Trinajstić information content (AvgIpc) is 1.87. The van der Waals surface area contributed by atoms with E-state index in [-0.39, 0.29) is 59.1 Å². The zero-order chi connectivity index (χ0) is 8.69. The van der Waals surface area contributed by atoms with Gasteiger partial charge in [-0.05, 0) is 13.1 Å². The summed E-state index contributed by atoms with van der Waals surface area (Å²) in [6, 6.07) is 10.3. The Balaban J connectivity index is -0.000000150. The van der Waals surface area contributed by atoms with Crippen molar-refractivity contribution >= 4 is 6.16 Å². The number of carbonyl (C=O) groups is 1. The van der Waals surface area contributed by atoms with E-state index in [0.717, 1.165) is 0 Å². The molecule has 0 radical (unpaired) electrons. The molecule has 0 bridgehead atoms. The van der Waals surface area contributed by atoms with Crippen molar-refractivity contribution in [2.24, 2.45) is 0 Å². The zero-order valence-electron chi connectivity index (χ0n) is 8.11. The third kappa shape index (κ3) is 19.1. The third-order valence-electron chi connectivity index (χ3n) is 0.940. The first-order chi connectivity index (χ1) is 5.13. The molecule has 0 heterocycles. The van der Waals surface area contributed by atoms with Crippen molar-refractivity contribution in [2.75, 3.05) is 0 Å². The standard InChI is InChI=1S/C7H8.CH2O3.2Na/c1-7-5-3-2-4-6-7;2-1(3)4;;/h2-6H,1H3;(H2,2,3,4);;/q;;2*+1/p-2. The third-order valence-corrected chi connectivity index (χ3v) is 0.940. The van der Waals surface area contributed by atoms with E-state index >= 15 is 0 Å². The van der Waals surface area contributed by atoms with Crippen LogP contribution in [0, 0.1) is 6.92 Å². The molecular weight excluding hydrogens is 190 g/mol. The van der Waals surface area contributed by atoms with Gasteiger partial charge in [0.2, 0.25) is 0 Å². The molecule has 0 aromatic heterocycles. The fourth-order valence-electron chi connectivity index (χ4n) is 0.534. The van der Waals surface area contributed by atoms with Crippen molar-refractivity contribution in [3.8, 4) is 0 Å². The summed E-state index contributed by atoms with van der Waals surface area (Å²) < 4.78 is 0. The summed E-state index contributed by atoms with van der Waals surface area (Å²) in [5.74, 6) is 0. The van der Waals surface area contributed by atoms with Crippen LogP contribution in [-0.2, 0) is 0 Å². The predicted molar refractivity (Wildman–Crippen MR) is 36.6 cm³/mol. The van der Waals surface area contributed by atoms with Gasteiger partial charge in [-0.15, -0.1) is 0 Å². The van der Waals surface area contributed by atoms with Gasteiger partial charge < -0.3 is 15.0 Å². The van der Waals surface area contributed by atoms with E-state index < -0.39 is 6.16 Å². The van der Waals surface area contributed by atoms with Crippen LogP contribution in [-0.4, -0.2) is 6.16 Å². The maximum atomic E-state index is 8.33. The molecule has 0 saturated heterocycles. The summed E-state index contributed by atoms with van der Waals surface area (Å²) in [4.78, 5) is 8.33. The molecule has 0 saturated carbocycles. The molecular formula is C8H8Na2O3. The molecule has 13 heavy (non-hydrogen) atoms. The van der Waals surface area contributed by atoms with Gasteiger partial charge in [0.25, 0.3) is 0 Å². The molecule has 5 heteroatoms. The van der Waals surface area contributed by atoms with Crippen LogP contribution < -0.4 is 69.3 Å². The van der Waals surface area contributed by atoms with Gasteiger partial charge in [0.15, 0.2) is 0 Å². The average molecular weight is 198 g/mol. The quantitative estimate of drug-likeness (QED) is 0.389. The Morgan fingerprint density at radius 1 is 1.08 bits per heavy atom. The SMILES string of the molecule is Cc1ccccc1.O=C([O-])[O-].[Na+].[Na+]. The van der Waals surface area contributed by atoms with Crippen LogP contribution in [0.1, 0.15) is 5.56 Å². The molecule has 60 valence electrons. The number of carbonyl (C=O) groups excluding carboxylic acids is 1. The Morgan fingerprint density at radius 3 is 1.54 bits per heavy atom. The molecule has 0 unspecified atom stereocenters. The van der Waals surface area contributed by atoms with Gasteiger partial charge in [-0.3, -0.25) is 0 Å². The maximum absolute atomic E-state index is 8.33. The summed E-state index contributed by atoms with van der Waals surface area (Å²) in [5.41, 5.74) is 1.32. The molecule has 0 amide bonds. The summed E-state index contributed by atoms with van der Waals surface area (Å²) >= 11 is 0. The monoisotopic (exact) mass is 198 g/mol. The zero-order valence-corrected chi connectivity index (χ0v) is 12.1.